The van der Waals surface area contributed by atoms with E-state index in [1.165, 1.54) is 5.56 Å². The molecular formula is C13H19NO2. The lowest BCUT2D eigenvalue weighted by Gasteiger charge is -2.27. The smallest absolute Gasteiger partial charge is 0.164 e. The minimum absolute atomic E-state index is 0.430. The highest BCUT2D eigenvalue weighted by Crippen LogP contribution is 2.34. The summed E-state index contributed by atoms with van der Waals surface area (Å²) in [6.07, 6.45) is 2.17. The fourth-order valence-electron chi connectivity index (χ4n) is 2.03. The van der Waals surface area contributed by atoms with Crippen molar-refractivity contribution in [2.75, 3.05) is 20.3 Å². The van der Waals surface area contributed by atoms with Crippen LogP contribution in [0.25, 0.3) is 0 Å². The number of hydrogen-bond donors (Lipinski definition) is 1. The van der Waals surface area contributed by atoms with Crippen LogP contribution in [-0.4, -0.2) is 26.3 Å². The van der Waals surface area contributed by atoms with Gasteiger partial charge < -0.3 is 14.8 Å². The fraction of sp³-hybridized carbons (Fsp3) is 0.538. The number of ether oxygens (including phenoxy) is 2. The normalized spacial score (nSPS) is 18.8. The molecule has 1 heterocycles. The van der Waals surface area contributed by atoms with Gasteiger partial charge in [0.25, 0.3) is 0 Å². The first kappa shape index (κ1) is 11.3. The Balaban J connectivity index is 2.09. The number of para-hydroxylation sites is 1. The van der Waals surface area contributed by atoms with E-state index in [2.05, 4.69) is 18.3 Å². The minimum Gasteiger partial charge on any atom is -0.493 e. The SMILES string of the molecule is CCCN[C@H]1COc2c(cccc2OC)C1. The van der Waals surface area contributed by atoms with Crippen LogP contribution in [0.3, 0.4) is 0 Å². The molecule has 3 heteroatoms. The molecule has 3 nitrogen and oxygen atoms in total. The molecule has 2 rings (SSSR count). The summed E-state index contributed by atoms with van der Waals surface area (Å²) in [5.41, 5.74) is 1.24. The van der Waals surface area contributed by atoms with E-state index in [-0.39, 0.29) is 0 Å². The number of benzene rings is 1. The molecule has 1 atom stereocenters. The van der Waals surface area contributed by atoms with Crippen molar-refractivity contribution >= 4 is 0 Å². The zero-order valence-corrected chi connectivity index (χ0v) is 9.95. The predicted octanol–water partition coefficient (Wildman–Crippen LogP) is 2.00. The summed E-state index contributed by atoms with van der Waals surface area (Å²) in [4.78, 5) is 0. The van der Waals surface area contributed by atoms with E-state index in [0.29, 0.717) is 6.04 Å². The number of hydrogen-bond acceptors (Lipinski definition) is 3. The molecule has 1 aliphatic heterocycles. The molecule has 1 aromatic rings. The summed E-state index contributed by atoms with van der Waals surface area (Å²) in [6, 6.07) is 6.50. The van der Waals surface area contributed by atoms with Crippen LogP contribution in [0.2, 0.25) is 0 Å². The summed E-state index contributed by atoms with van der Waals surface area (Å²) in [5.74, 6) is 1.76. The second-order valence-electron chi connectivity index (χ2n) is 4.11. The molecule has 0 aliphatic carbocycles. The van der Waals surface area contributed by atoms with Crippen LogP contribution in [0.1, 0.15) is 18.9 Å². The van der Waals surface area contributed by atoms with Crippen LogP contribution in [0.15, 0.2) is 18.2 Å². The molecule has 0 radical (unpaired) electrons. The first-order valence-corrected chi connectivity index (χ1v) is 5.87. The largest absolute Gasteiger partial charge is 0.493 e. The monoisotopic (exact) mass is 221 g/mol. The van der Waals surface area contributed by atoms with Gasteiger partial charge in [-0.3, -0.25) is 0 Å². The minimum atomic E-state index is 0.430. The summed E-state index contributed by atoms with van der Waals surface area (Å²) in [6.45, 7) is 3.95. The Bertz CT molecular complexity index is 352. The van der Waals surface area contributed by atoms with Gasteiger partial charge >= 0.3 is 0 Å². The van der Waals surface area contributed by atoms with Crippen molar-refractivity contribution in [2.24, 2.45) is 0 Å². The third-order valence-corrected chi connectivity index (χ3v) is 2.86. The summed E-state index contributed by atoms with van der Waals surface area (Å²) >= 11 is 0. The van der Waals surface area contributed by atoms with Gasteiger partial charge in [0.1, 0.15) is 6.61 Å². The molecule has 88 valence electrons. The Morgan fingerprint density at radius 1 is 1.50 bits per heavy atom. The standard InChI is InChI=1S/C13H19NO2/c1-3-7-14-11-8-10-5-4-6-12(15-2)13(10)16-9-11/h4-6,11,14H,3,7-9H2,1-2H3/t11-/m1/s1. The first-order chi connectivity index (χ1) is 7.85. The fourth-order valence-corrected chi connectivity index (χ4v) is 2.03. The molecule has 0 spiro atoms. The third-order valence-electron chi connectivity index (χ3n) is 2.86. The van der Waals surface area contributed by atoms with Crippen LogP contribution in [0.4, 0.5) is 0 Å². The quantitative estimate of drug-likeness (QED) is 0.843. The summed E-state index contributed by atoms with van der Waals surface area (Å²) < 4.78 is 11.1. The highest BCUT2D eigenvalue weighted by atomic mass is 16.5. The van der Waals surface area contributed by atoms with Gasteiger partial charge in [0.05, 0.1) is 7.11 Å². The van der Waals surface area contributed by atoms with Crippen LogP contribution in [0.5, 0.6) is 11.5 Å². The van der Waals surface area contributed by atoms with Crippen molar-refractivity contribution in [1.82, 2.24) is 5.32 Å². The van der Waals surface area contributed by atoms with Gasteiger partial charge in [-0.1, -0.05) is 19.1 Å². The van der Waals surface area contributed by atoms with Crippen molar-refractivity contribution < 1.29 is 9.47 Å². The lowest BCUT2D eigenvalue weighted by molar-refractivity contribution is 0.228. The molecule has 1 aliphatic rings. The van der Waals surface area contributed by atoms with Crippen LogP contribution in [-0.2, 0) is 6.42 Å². The second kappa shape index (κ2) is 5.21. The Morgan fingerprint density at radius 2 is 2.38 bits per heavy atom. The lowest BCUT2D eigenvalue weighted by atomic mass is 10.0. The molecule has 1 aromatic carbocycles. The Kier molecular flexibility index (Phi) is 3.67. The maximum absolute atomic E-state index is 5.77. The number of methoxy groups -OCH3 is 1. The van der Waals surface area contributed by atoms with Gasteiger partial charge in [0.15, 0.2) is 11.5 Å². The van der Waals surface area contributed by atoms with Gasteiger partial charge in [-0.05, 0) is 31.0 Å². The highest BCUT2D eigenvalue weighted by molar-refractivity contribution is 5.48. The van der Waals surface area contributed by atoms with E-state index in [4.69, 9.17) is 9.47 Å². The summed E-state index contributed by atoms with van der Waals surface area (Å²) in [7, 11) is 1.68. The summed E-state index contributed by atoms with van der Waals surface area (Å²) in [5, 5.41) is 3.48. The number of nitrogens with one attached hydrogen (secondary N) is 1. The predicted molar refractivity (Wildman–Crippen MR) is 64.3 cm³/mol. The first-order valence-electron chi connectivity index (χ1n) is 5.87. The van der Waals surface area contributed by atoms with E-state index in [0.717, 1.165) is 37.5 Å². The second-order valence-corrected chi connectivity index (χ2v) is 4.11. The molecule has 0 saturated carbocycles. The number of fused-ring (bicyclic) bond motifs is 1. The van der Waals surface area contributed by atoms with Crippen LogP contribution >= 0.6 is 0 Å². The number of rotatable bonds is 4. The molecule has 0 amide bonds. The van der Waals surface area contributed by atoms with Gasteiger partial charge in [-0.15, -0.1) is 0 Å². The van der Waals surface area contributed by atoms with E-state index in [9.17, 15) is 0 Å². The van der Waals surface area contributed by atoms with Gasteiger partial charge in [-0.2, -0.15) is 0 Å². The van der Waals surface area contributed by atoms with E-state index in [1.54, 1.807) is 7.11 Å². The highest BCUT2D eigenvalue weighted by Gasteiger charge is 2.21. The molecule has 16 heavy (non-hydrogen) atoms. The van der Waals surface area contributed by atoms with E-state index in [1.807, 2.05) is 12.1 Å². The Labute approximate surface area is 96.8 Å². The van der Waals surface area contributed by atoms with Crippen molar-refractivity contribution in [3.05, 3.63) is 23.8 Å². The van der Waals surface area contributed by atoms with Crippen molar-refractivity contribution in [3.63, 3.8) is 0 Å². The molecule has 1 N–H and O–H groups in total. The lowest BCUT2D eigenvalue weighted by Crippen LogP contribution is -2.39. The average molecular weight is 221 g/mol. The van der Waals surface area contributed by atoms with Crippen molar-refractivity contribution in [1.29, 1.82) is 0 Å². The molecule has 0 fully saturated rings. The Hall–Kier alpha value is -1.22. The van der Waals surface area contributed by atoms with Gasteiger partial charge in [0, 0.05) is 6.04 Å². The van der Waals surface area contributed by atoms with Crippen molar-refractivity contribution in [2.45, 2.75) is 25.8 Å². The topological polar surface area (TPSA) is 30.5 Å². The van der Waals surface area contributed by atoms with Crippen LogP contribution in [0, 0.1) is 0 Å². The van der Waals surface area contributed by atoms with E-state index < -0.39 is 0 Å². The third kappa shape index (κ3) is 2.30. The van der Waals surface area contributed by atoms with E-state index >= 15 is 0 Å². The maximum atomic E-state index is 5.77. The average Bonchev–Trinajstić information content (AvgIpc) is 2.35. The molecule has 0 unspecified atom stereocenters. The molecule has 0 bridgehead atoms. The van der Waals surface area contributed by atoms with Gasteiger partial charge in [0.2, 0.25) is 0 Å². The van der Waals surface area contributed by atoms with Gasteiger partial charge in [-0.25, -0.2) is 0 Å². The zero-order valence-electron chi connectivity index (χ0n) is 9.95. The zero-order chi connectivity index (χ0) is 11.4. The molecule has 0 aromatic heterocycles. The van der Waals surface area contributed by atoms with Crippen molar-refractivity contribution in [3.8, 4) is 11.5 Å². The molecular weight excluding hydrogens is 202 g/mol. The Morgan fingerprint density at radius 3 is 3.12 bits per heavy atom. The maximum Gasteiger partial charge on any atom is 0.164 e. The molecule has 0 saturated heterocycles. The van der Waals surface area contributed by atoms with Crippen LogP contribution < -0.4 is 14.8 Å².